The molecule has 10 heteroatoms. The molecule has 0 spiro atoms. The summed E-state index contributed by atoms with van der Waals surface area (Å²) >= 11 is 5.85. The Bertz CT molecular complexity index is 1290. The maximum Gasteiger partial charge on any atom is 0.343 e. The molecule has 0 saturated carbocycles. The number of rotatable bonds is 5. The van der Waals surface area contributed by atoms with Gasteiger partial charge < -0.3 is 9.30 Å². The zero-order valence-electron chi connectivity index (χ0n) is 15.7. The van der Waals surface area contributed by atoms with E-state index in [9.17, 15) is 14.0 Å². The number of esters is 1. The number of benzene rings is 1. The molecule has 0 aliphatic rings. The van der Waals surface area contributed by atoms with Crippen molar-refractivity contribution < 1.29 is 13.9 Å². The molecule has 0 fully saturated rings. The third-order valence-electron chi connectivity index (χ3n) is 4.42. The number of hydrogen-bond acceptors (Lipinski definition) is 6. The van der Waals surface area contributed by atoms with Crippen LogP contribution in [0.25, 0.3) is 16.7 Å². The van der Waals surface area contributed by atoms with Gasteiger partial charge in [-0.2, -0.15) is 0 Å². The monoisotopic (exact) mass is 427 g/mol. The van der Waals surface area contributed by atoms with E-state index >= 15 is 0 Å². The lowest BCUT2D eigenvalue weighted by Gasteiger charge is -2.13. The molecule has 1 aromatic carbocycles. The minimum Gasteiger partial charge on any atom is -0.462 e. The molecule has 8 nitrogen and oxygen atoms in total. The van der Waals surface area contributed by atoms with Crippen LogP contribution in [0.15, 0.2) is 53.7 Å². The minimum absolute atomic E-state index is 0.0749. The Balaban J connectivity index is 1.86. The van der Waals surface area contributed by atoms with Crippen molar-refractivity contribution in [1.29, 1.82) is 0 Å². The fourth-order valence-corrected chi connectivity index (χ4v) is 3.15. The summed E-state index contributed by atoms with van der Waals surface area (Å²) in [4.78, 5) is 29.0. The van der Waals surface area contributed by atoms with E-state index in [2.05, 4.69) is 15.3 Å². The maximum atomic E-state index is 14.0. The molecule has 3 aromatic heterocycles. The Morgan fingerprint density at radius 1 is 1.27 bits per heavy atom. The van der Waals surface area contributed by atoms with Crippen molar-refractivity contribution in [3.05, 3.63) is 81.2 Å². The first-order chi connectivity index (χ1) is 14.5. The van der Waals surface area contributed by atoms with E-state index < -0.39 is 17.2 Å². The third kappa shape index (κ3) is 3.67. The van der Waals surface area contributed by atoms with E-state index in [0.29, 0.717) is 12.2 Å². The first kappa shape index (κ1) is 19.7. The Morgan fingerprint density at radius 2 is 2.03 bits per heavy atom. The third-order valence-corrected chi connectivity index (χ3v) is 4.68. The fourth-order valence-electron chi connectivity index (χ4n) is 3.02. The highest BCUT2D eigenvalue weighted by molar-refractivity contribution is 6.29. The van der Waals surface area contributed by atoms with Crippen molar-refractivity contribution in [2.45, 2.75) is 13.5 Å². The van der Waals surface area contributed by atoms with Crippen molar-refractivity contribution in [2.24, 2.45) is 0 Å². The van der Waals surface area contributed by atoms with Crippen LogP contribution in [0.5, 0.6) is 0 Å². The highest BCUT2D eigenvalue weighted by Gasteiger charge is 2.20. The Hall–Kier alpha value is -3.59. The summed E-state index contributed by atoms with van der Waals surface area (Å²) in [6, 6.07) is 8.26. The van der Waals surface area contributed by atoms with E-state index in [1.54, 1.807) is 36.1 Å². The molecule has 4 aromatic rings. The quantitative estimate of drug-likeness (QED) is 0.359. The molecule has 3 heterocycles. The molecular weight excluding hydrogens is 413 g/mol. The lowest BCUT2D eigenvalue weighted by Crippen LogP contribution is -2.21. The van der Waals surface area contributed by atoms with Crippen molar-refractivity contribution in [3.63, 3.8) is 0 Å². The van der Waals surface area contributed by atoms with Gasteiger partial charge in [0.05, 0.1) is 24.7 Å². The topological polar surface area (TPSA) is 91.9 Å². The van der Waals surface area contributed by atoms with Gasteiger partial charge in [0.15, 0.2) is 11.0 Å². The smallest absolute Gasteiger partial charge is 0.343 e. The molecule has 0 atom stereocenters. The molecule has 0 aliphatic carbocycles. The second-order valence-electron chi connectivity index (χ2n) is 6.36. The molecule has 0 saturated heterocycles. The Kier molecular flexibility index (Phi) is 5.28. The highest BCUT2D eigenvalue weighted by atomic mass is 35.5. The molecular formula is C20H15ClFN5O3. The van der Waals surface area contributed by atoms with Crippen molar-refractivity contribution in [3.8, 4) is 5.69 Å². The molecule has 0 N–H and O–H groups in total. The number of carbonyl (C=O) groups excluding carboxylic acids is 1. The number of halogens is 2. The Labute approximate surface area is 174 Å². The SMILES string of the molecule is CCOC(=O)c1cn(-c2ccc(Cn3ccnn3)cc2)c2nc(Cl)c(F)cc2c1=O. The molecule has 0 amide bonds. The van der Waals surface area contributed by atoms with Crippen molar-refractivity contribution in [1.82, 2.24) is 24.5 Å². The lowest BCUT2D eigenvalue weighted by atomic mass is 10.1. The molecule has 0 bridgehead atoms. The standard InChI is InChI=1S/C20H15ClFN5O3/c1-2-30-20(29)15-11-27(19-14(17(15)28)9-16(22)18(21)24-19)13-5-3-12(4-6-13)10-26-8-7-23-25-26/h3-9,11H,2,10H2,1H3. The van der Waals surface area contributed by atoms with Gasteiger partial charge in [0.2, 0.25) is 5.43 Å². The van der Waals surface area contributed by atoms with Crippen LogP contribution in [0.4, 0.5) is 4.39 Å². The highest BCUT2D eigenvalue weighted by Crippen LogP contribution is 2.21. The second kappa shape index (κ2) is 8.03. The van der Waals surface area contributed by atoms with Gasteiger partial charge in [-0.1, -0.05) is 28.9 Å². The predicted molar refractivity (Wildman–Crippen MR) is 107 cm³/mol. The summed E-state index contributed by atoms with van der Waals surface area (Å²) in [7, 11) is 0. The largest absolute Gasteiger partial charge is 0.462 e. The number of carbonyl (C=O) groups is 1. The van der Waals surface area contributed by atoms with Crippen LogP contribution in [0.2, 0.25) is 5.15 Å². The van der Waals surface area contributed by atoms with Gasteiger partial charge in [0, 0.05) is 18.1 Å². The van der Waals surface area contributed by atoms with E-state index in [1.165, 1.54) is 10.8 Å². The van der Waals surface area contributed by atoms with Gasteiger partial charge in [-0.05, 0) is 30.7 Å². The van der Waals surface area contributed by atoms with Crippen LogP contribution in [-0.2, 0) is 11.3 Å². The molecule has 30 heavy (non-hydrogen) atoms. The van der Waals surface area contributed by atoms with Crippen molar-refractivity contribution >= 4 is 28.6 Å². The number of nitrogens with zero attached hydrogens (tertiary/aromatic N) is 5. The van der Waals surface area contributed by atoms with E-state index in [-0.39, 0.29) is 28.4 Å². The number of fused-ring (bicyclic) bond motifs is 1. The van der Waals surface area contributed by atoms with Crippen LogP contribution in [0.3, 0.4) is 0 Å². The fraction of sp³-hybridized carbons (Fsp3) is 0.150. The number of ether oxygens (including phenoxy) is 1. The first-order valence-electron chi connectivity index (χ1n) is 9.00. The first-order valence-corrected chi connectivity index (χ1v) is 9.37. The van der Waals surface area contributed by atoms with Gasteiger partial charge >= 0.3 is 5.97 Å². The van der Waals surface area contributed by atoms with Crippen LogP contribution >= 0.6 is 11.6 Å². The zero-order chi connectivity index (χ0) is 21.3. The van der Waals surface area contributed by atoms with Gasteiger partial charge in [-0.15, -0.1) is 5.10 Å². The van der Waals surface area contributed by atoms with Gasteiger partial charge in [0.25, 0.3) is 0 Å². The van der Waals surface area contributed by atoms with Crippen LogP contribution < -0.4 is 5.43 Å². The normalized spacial score (nSPS) is 11.0. The summed E-state index contributed by atoms with van der Waals surface area (Å²) in [6.07, 6.45) is 4.66. The van der Waals surface area contributed by atoms with E-state index in [0.717, 1.165) is 11.6 Å². The van der Waals surface area contributed by atoms with E-state index in [4.69, 9.17) is 16.3 Å². The van der Waals surface area contributed by atoms with Crippen LogP contribution in [0.1, 0.15) is 22.8 Å². The zero-order valence-corrected chi connectivity index (χ0v) is 16.5. The summed E-state index contributed by atoms with van der Waals surface area (Å²) < 4.78 is 22.2. The molecule has 152 valence electrons. The minimum atomic E-state index is -0.850. The number of pyridine rings is 2. The summed E-state index contributed by atoms with van der Waals surface area (Å²) in [5, 5.41) is 7.24. The predicted octanol–water partition coefficient (Wildman–Crippen LogP) is 2.99. The van der Waals surface area contributed by atoms with Crippen molar-refractivity contribution in [2.75, 3.05) is 6.61 Å². The van der Waals surface area contributed by atoms with E-state index in [1.807, 2.05) is 12.1 Å². The van der Waals surface area contributed by atoms with Gasteiger partial charge in [-0.25, -0.2) is 18.9 Å². The molecule has 0 radical (unpaired) electrons. The van der Waals surface area contributed by atoms with Crippen LogP contribution in [-0.4, -0.2) is 37.1 Å². The molecule has 4 rings (SSSR count). The second-order valence-corrected chi connectivity index (χ2v) is 6.72. The lowest BCUT2D eigenvalue weighted by molar-refractivity contribution is 0.0524. The Morgan fingerprint density at radius 3 is 2.70 bits per heavy atom. The number of aromatic nitrogens is 5. The summed E-state index contributed by atoms with van der Waals surface area (Å²) in [5.74, 6) is -1.65. The van der Waals surface area contributed by atoms with Gasteiger partial charge in [-0.3, -0.25) is 4.79 Å². The molecule has 0 unspecified atom stereocenters. The van der Waals surface area contributed by atoms with Crippen LogP contribution in [0, 0.1) is 5.82 Å². The van der Waals surface area contributed by atoms with Gasteiger partial charge in [0.1, 0.15) is 11.2 Å². The summed E-state index contributed by atoms with van der Waals surface area (Å²) in [5.41, 5.74) is 0.786. The summed E-state index contributed by atoms with van der Waals surface area (Å²) in [6.45, 7) is 2.25. The average molecular weight is 428 g/mol. The number of hydrogen-bond donors (Lipinski definition) is 0. The average Bonchev–Trinajstić information content (AvgIpc) is 3.24. The molecule has 0 aliphatic heterocycles. The maximum absolute atomic E-state index is 14.0.